The van der Waals surface area contributed by atoms with Crippen LogP contribution in [0, 0.1) is 17.8 Å². The third-order valence-electron chi connectivity index (χ3n) is 5.03. The molecule has 0 aromatic heterocycles. The molecule has 3 saturated carbocycles. The van der Waals surface area contributed by atoms with Crippen LogP contribution in [0.4, 0.5) is 0 Å². The maximum atomic E-state index is 12.3. The molecule has 3 heteroatoms. The standard InChI is InChI=1S/C14H23NO2/c1-15(9-14(17)4-2-3-5-14)13(16)12-7-10-6-11(10)8-12/h10-12,17H,2-9H2,1H3. The third kappa shape index (κ3) is 2.22. The van der Waals surface area contributed by atoms with Gasteiger partial charge in [0, 0.05) is 19.5 Å². The molecule has 1 N–H and O–H groups in total. The van der Waals surface area contributed by atoms with E-state index in [9.17, 15) is 9.90 Å². The summed E-state index contributed by atoms with van der Waals surface area (Å²) in [5.74, 6) is 2.24. The van der Waals surface area contributed by atoms with Crippen LogP contribution < -0.4 is 0 Å². The van der Waals surface area contributed by atoms with Crippen molar-refractivity contribution in [3.63, 3.8) is 0 Å². The number of likely N-dealkylation sites (N-methyl/N-ethyl adjacent to an activating group) is 1. The van der Waals surface area contributed by atoms with Crippen LogP contribution in [0.2, 0.25) is 0 Å². The molecular formula is C14H23NO2. The highest BCUT2D eigenvalue weighted by atomic mass is 16.3. The minimum atomic E-state index is -0.591. The number of carbonyl (C=O) groups excluding carboxylic acids is 1. The van der Waals surface area contributed by atoms with Gasteiger partial charge in [-0.15, -0.1) is 0 Å². The third-order valence-corrected chi connectivity index (χ3v) is 5.03. The predicted octanol–water partition coefficient (Wildman–Crippen LogP) is 1.80. The highest BCUT2D eigenvalue weighted by molar-refractivity contribution is 5.79. The second-order valence-electron chi connectivity index (χ2n) is 6.55. The summed E-state index contributed by atoms with van der Waals surface area (Å²) in [6.45, 7) is 0.539. The zero-order valence-corrected chi connectivity index (χ0v) is 10.7. The second-order valence-corrected chi connectivity index (χ2v) is 6.55. The first kappa shape index (κ1) is 11.5. The van der Waals surface area contributed by atoms with Gasteiger partial charge in [0.25, 0.3) is 0 Å². The van der Waals surface area contributed by atoms with Crippen LogP contribution in [0.25, 0.3) is 0 Å². The second kappa shape index (κ2) is 3.98. The molecule has 0 radical (unpaired) electrons. The maximum Gasteiger partial charge on any atom is 0.225 e. The van der Waals surface area contributed by atoms with Crippen molar-refractivity contribution in [1.82, 2.24) is 4.90 Å². The van der Waals surface area contributed by atoms with Crippen LogP contribution in [0.3, 0.4) is 0 Å². The van der Waals surface area contributed by atoms with Gasteiger partial charge in [0.2, 0.25) is 5.91 Å². The minimum Gasteiger partial charge on any atom is -0.388 e. The molecule has 0 spiro atoms. The van der Waals surface area contributed by atoms with Crippen molar-refractivity contribution in [3.05, 3.63) is 0 Å². The van der Waals surface area contributed by atoms with E-state index < -0.39 is 5.60 Å². The molecule has 3 rings (SSSR count). The van der Waals surface area contributed by atoms with Crippen LogP contribution in [0.5, 0.6) is 0 Å². The Morgan fingerprint density at radius 3 is 2.41 bits per heavy atom. The Morgan fingerprint density at radius 1 is 1.24 bits per heavy atom. The van der Waals surface area contributed by atoms with Crippen molar-refractivity contribution in [2.45, 2.75) is 50.5 Å². The van der Waals surface area contributed by atoms with Gasteiger partial charge in [-0.3, -0.25) is 4.79 Å². The van der Waals surface area contributed by atoms with Gasteiger partial charge in [-0.1, -0.05) is 12.8 Å². The van der Waals surface area contributed by atoms with E-state index in [0.29, 0.717) is 6.54 Å². The Kier molecular flexibility index (Phi) is 2.69. The van der Waals surface area contributed by atoms with Crippen LogP contribution in [-0.4, -0.2) is 35.1 Å². The summed E-state index contributed by atoms with van der Waals surface area (Å²) in [7, 11) is 1.86. The van der Waals surface area contributed by atoms with Crippen molar-refractivity contribution in [3.8, 4) is 0 Å². The van der Waals surface area contributed by atoms with E-state index in [1.807, 2.05) is 7.05 Å². The summed E-state index contributed by atoms with van der Waals surface area (Å²) in [5, 5.41) is 10.3. The van der Waals surface area contributed by atoms with Crippen LogP contribution in [0.15, 0.2) is 0 Å². The van der Waals surface area contributed by atoms with Crippen molar-refractivity contribution in [2.24, 2.45) is 17.8 Å². The summed E-state index contributed by atoms with van der Waals surface area (Å²) < 4.78 is 0. The molecule has 0 saturated heterocycles. The largest absolute Gasteiger partial charge is 0.388 e. The quantitative estimate of drug-likeness (QED) is 0.813. The van der Waals surface area contributed by atoms with Crippen molar-refractivity contribution >= 4 is 5.91 Å². The van der Waals surface area contributed by atoms with Gasteiger partial charge in [0.1, 0.15) is 0 Å². The number of carbonyl (C=O) groups is 1. The molecule has 17 heavy (non-hydrogen) atoms. The van der Waals surface area contributed by atoms with Crippen LogP contribution >= 0.6 is 0 Å². The van der Waals surface area contributed by atoms with E-state index in [1.165, 1.54) is 6.42 Å². The van der Waals surface area contributed by atoms with Crippen molar-refractivity contribution in [1.29, 1.82) is 0 Å². The summed E-state index contributed by atoms with van der Waals surface area (Å²) in [6, 6.07) is 0. The summed E-state index contributed by atoms with van der Waals surface area (Å²) in [4.78, 5) is 14.0. The Bertz CT molecular complexity index is 312. The lowest BCUT2D eigenvalue weighted by Gasteiger charge is -2.30. The number of nitrogens with zero attached hydrogens (tertiary/aromatic N) is 1. The molecule has 3 aliphatic carbocycles. The van der Waals surface area contributed by atoms with Gasteiger partial charge in [-0.05, 0) is 43.9 Å². The fourth-order valence-electron chi connectivity index (χ4n) is 3.94. The number of fused-ring (bicyclic) bond motifs is 1. The minimum absolute atomic E-state index is 0.258. The molecule has 3 nitrogen and oxygen atoms in total. The van der Waals surface area contributed by atoms with E-state index in [1.54, 1.807) is 4.90 Å². The molecule has 1 amide bonds. The Labute approximate surface area is 103 Å². The first-order valence-electron chi connectivity index (χ1n) is 7.05. The highest BCUT2D eigenvalue weighted by Gasteiger charge is 2.49. The van der Waals surface area contributed by atoms with Crippen molar-refractivity contribution in [2.75, 3.05) is 13.6 Å². The number of amides is 1. The Balaban J connectivity index is 1.54. The molecule has 2 atom stereocenters. The lowest BCUT2D eigenvalue weighted by molar-refractivity contribution is -0.137. The average molecular weight is 237 g/mol. The Morgan fingerprint density at radius 2 is 1.82 bits per heavy atom. The summed E-state index contributed by atoms with van der Waals surface area (Å²) in [5.41, 5.74) is -0.591. The number of hydrogen-bond acceptors (Lipinski definition) is 2. The molecule has 0 heterocycles. The van der Waals surface area contributed by atoms with E-state index in [-0.39, 0.29) is 11.8 Å². The molecule has 0 bridgehead atoms. The normalized spacial score (nSPS) is 37.9. The monoisotopic (exact) mass is 237 g/mol. The van der Waals surface area contributed by atoms with Crippen LogP contribution in [0.1, 0.15) is 44.9 Å². The molecule has 2 unspecified atom stereocenters. The lowest BCUT2D eigenvalue weighted by atomic mass is 9.98. The molecule has 3 fully saturated rings. The van der Waals surface area contributed by atoms with Gasteiger partial charge < -0.3 is 10.0 Å². The van der Waals surface area contributed by atoms with E-state index in [0.717, 1.165) is 50.4 Å². The number of hydrogen-bond donors (Lipinski definition) is 1. The van der Waals surface area contributed by atoms with Gasteiger partial charge >= 0.3 is 0 Å². The van der Waals surface area contributed by atoms with E-state index >= 15 is 0 Å². The Hall–Kier alpha value is -0.570. The average Bonchev–Trinajstić information content (AvgIpc) is 2.73. The molecule has 0 aromatic carbocycles. The topological polar surface area (TPSA) is 40.5 Å². The molecule has 3 aliphatic rings. The van der Waals surface area contributed by atoms with E-state index in [2.05, 4.69) is 0 Å². The molecule has 0 aromatic rings. The van der Waals surface area contributed by atoms with Gasteiger partial charge in [0.15, 0.2) is 0 Å². The summed E-state index contributed by atoms with van der Waals surface area (Å²) >= 11 is 0. The first-order chi connectivity index (χ1) is 8.07. The maximum absolute atomic E-state index is 12.3. The molecular weight excluding hydrogens is 214 g/mol. The summed E-state index contributed by atoms with van der Waals surface area (Å²) in [6.07, 6.45) is 7.50. The molecule has 0 aliphatic heterocycles. The van der Waals surface area contributed by atoms with Gasteiger partial charge in [0.05, 0.1) is 5.60 Å². The van der Waals surface area contributed by atoms with Gasteiger partial charge in [-0.2, -0.15) is 0 Å². The molecule has 96 valence electrons. The zero-order valence-electron chi connectivity index (χ0n) is 10.7. The SMILES string of the molecule is CN(CC1(O)CCCC1)C(=O)C1CC2CC2C1. The van der Waals surface area contributed by atoms with Gasteiger partial charge in [-0.25, -0.2) is 0 Å². The van der Waals surface area contributed by atoms with Crippen LogP contribution in [-0.2, 0) is 4.79 Å². The number of rotatable bonds is 3. The predicted molar refractivity (Wildman–Crippen MR) is 65.4 cm³/mol. The fraction of sp³-hybridized carbons (Fsp3) is 0.929. The first-order valence-corrected chi connectivity index (χ1v) is 7.05. The number of aliphatic hydroxyl groups is 1. The highest BCUT2D eigenvalue weighted by Crippen LogP contribution is 2.54. The fourth-order valence-corrected chi connectivity index (χ4v) is 3.94. The van der Waals surface area contributed by atoms with E-state index in [4.69, 9.17) is 0 Å². The smallest absolute Gasteiger partial charge is 0.225 e. The lowest BCUT2D eigenvalue weighted by Crippen LogP contribution is -2.44. The zero-order chi connectivity index (χ0) is 12.0. The van der Waals surface area contributed by atoms with Crippen molar-refractivity contribution < 1.29 is 9.90 Å².